The van der Waals surface area contributed by atoms with E-state index in [1.165, 1.54) is 0 Å². The molecule has 0 aliphatic rings. The predicted octanol–water partition coefficient (Wildman–Crippen LogP) is 2.19. The lowest BCUT2D eigenvalue weighted by Gasteiger charge is -2.08. The van der Waals surface area contributed by atoms with Gasteiger partial charge in [-0.05, 0) is 23.8 Å². The number of halogens is 2. The first kappa shape index (κ1) is 10.5. The van der Waals surface area contributed by atoms with Crippen LogP contribution in [0, 0.1) is 0 Å². The van der Waals surface area contributed by atoms with Gasteiger partial charge in [0.2, 0.25) is 0 Å². The third-order valence-electron chi connectivity index (χ3n) is 1.56. The Kier molecular flexibility index (Phi) is 3.30. The minimum Gasteiger partial charge on any atom is -0.480 e. The fourth-order valence-electron chi connectivity index (χ4n) is 0.886. The summed E-state index contributed by atoms with van der Waals surface area (Å²) in [7, 11) is 0. The van der Waals surface area contributed by atoms with Gasteiger partial charge in [0.1, 0.15) is 6.04 Å². The maximum atomic E-state index is 10.6. The third-order valence-corrected chi connectivity index (χ3v) is 2.40. The lowest BCUT2D eigenvalue weighted by Crippen LogP contribution is -2.20. The topological polar surface area (TPSA) is 63.3 Å². The van der Waals surface area contributed by atoms with Gasteiger partial charge in [0.25, 0.3) is 0 Å². The summed E-state index contributed by atoms with van der Waals surface area (Å²) < 4.78 is 0.753. The van der Waals surface area contributed by atoms with Gasteiger partial charge in [0, 0.05) is 9.50 Å². The molecule has 1 aromatic carbocycles. The van der Waals surface area contributed by atoms with E-state index in [2.05, 4.69) is 15.9 Å². The molecule has 1 unspecified atom stereocenters. The number of aliphatic carboxylic acids is 1. The van der Waals surface area contributed by atoms with E-state index in [1.807, 2.05) is 0 Å². The number of carboxylic acids is 1. The molecule has 0 saturated carbocycles. The highest BCUT2D eigenvalue weighted by Gasteiger charge is 2.17. The Morgan fingerprint density at radius 1 is 1.62 bits per heavy atom. The molecule has 0 fully saturated rings. The van der Waals surface area contributed by atoms with Crippen molar-refractivity contribution in [2.24, 2.45) is 5.73 Å². The van der Waals surface area contributed by atoms with Crippen LogP contribution < -0.4 is 5.73 Å². The summed E-state index contributed by atoms with van der Waals surface area (Å²) >= 11 is 8.98. The zero-order valence-corrected chi connectivity index (χ0v) is 8.84. The van der Waals surface area contributed by atoms with Gasteiger partial charge in [-0.1, -0.05) is 27.5 Å². The Bertz CT molecular complexity index is 343. The van der Waals surface area contributed by atoms with Gasteiger partial charge in [0.15, 0.2) is 0 Å². The average molecular weight is 265 g/mol. The Morgan fingerprint density at radius 2 is 2.23 bits per heavy atom. The van der Waals surface area contributed by atoms with E-state index in [9.17, 15) is 4.79 Å². The van der Waals surface area contributed by atoms with Crippen molar-refractivity contribution in [3.8, 4) is 0 Å². The second kappa shape index (κ2) is 4.09. The van der Waals surface area contributed by atoms with Crippen molar-refractivity contribution in [3.05, 3.63) is 33.3 Å². The molecule has 3 nitrogen and oxygen atoms in total. The minimum atomic E-state index is -1.10. The molecule has 1 rings (SSSR count). The molecule has 5 heteroatoms. The second-order valence-corrected chi connectivity index (χ2v) is 3.80. The van der Waals surface area contributed by atoms with Crippen molar-refractivity contribution >= 4 is 33.5 Å². The molecule has 70 valence electrons. The van der Waals surface area contributed by atoms with E-state index in [0.29, 0.717) is 10.6 Å². The van der Waals surface area contributed by atoms with Crippen LogP contribution in [0.25, 0.3) is 0 Å². The second-order valence-electron chi connectivity index (χ2n) is 2.48. The van der Waals surface area contributed by atoms with Crippen molar-refractivity contribution in [3.63, 3.8) is 0 Å². The molecule has 0 heterocycles. The van der Waals surface area contributed by atoms with Gasteiger partial charge in [-0.15, -0.1) is 0 Å². The number of nitrogens with two attached hydrogens (primary N) is 1. The highest BCUT2D eigenvalue weighted by atomic mass is 79.9. The van der Waals surface area contributed by atoms with E-state index in [0.717, 1.165) is 4.47 Å². The Balaban J connectivity index is 3.12. The minimum absolute atomic E-state index is 0.359. The van der Waals surface area contributed by atoms with Gasteiger partial charge in [-0.3, -0.25) is 4.79 Å². The van der Waals surface area contributed by atoms with Gasteiger partial charge in [0.05, 0.1) is 0 Å². The molecular formula is C8H7BrClNO2. The highest BCUT2D eigenvalue weighted by molar-refractivity contribution is 9.10. The van der Waals surface area contributed by atoms with Gasteiger partial charge < -0.3 is 10.8 Å². The summed E-state index contributed by atoms with van der Waals surface area (Å²) in [6, 6.07) is 3.84. The molecule has 3 N–H and O–H groups in total. The van der Waals surface area contributed by atoms with Crippen LogP contribution in [-0.2, 0) is 4.79 Å². The molecule has 1 aromatic rings. The lowest BCUT2D eigenvalue weighted by molar-refractivity contribution is -0.138. The Morgan fingerprint density at radius 3 is 2.77 bits per heavy atom. The quantitative estimate of drug-likeness (QED) is 0.860. The third kappa shape index (κ3) is 2.43. The van der Waals surface area contributed by atoms with Gasteiger partial charge in [-0.2, -0.15) is 0 Å². The Hall–Kier alpha value is -0.580. The summed E-state index contributed by atoms with van der Waals surface area (Å²) in [6.07, 6.45) is 0. The summed E-state index contributed by atoms with van der Waals surface area (Å²) in [4.78, 5) is 10.6. The summed E-state index contributed by atoms with van der Waals surface area (Å²) in [5, 5.41) is 9.01. The van der Waals surface area contributed by atoms with Crippen LogP contribution in [-0.4, -0.2) is 11.1 Å². The molecule has 0 bridgehead atoms. The van der Waals surface area contributed by atoms with E-state index in [-0.39, 0.29) is 0 Å². The monoisotopic (exact) mass is 263 g/mol. The van der Waals surface area contributed by atoms with E-state index in [4.69, 9.17) is 22.4 Å². The van der Waals surface area contributed by atoms with Gasteiger partial charge >= 0.3 is 5.97 Å². The fourth-order valence-corrected chi connectivity index (χ4v) is 1.50. The Labute approximate surface area is 88.6 Å². The number of hydrogen-bond acceptors (Lipinski definition) is 2. The SMILES string of the molecule is NC(C(=O)O)c1cc(Br)ccc1Cl. The maximum absolute atomic E-state index is 10.6. The van der Waals surface area contributed by atoms with Crippen molar-refractivity contribution < 1.29 is 9.90 Å². The highest BCUT2D eigenvalue weighted by Crippen LogP contribution is 2.25. The van der Waals surface area contributed by atoms with Crippen molar-refractivity contribution in [1.29, 1.82) is 0 Å². The zero-order chi connectivity index (χ0) is 10.0. The van der Waals surface area contributed by atoms with Crippen molar-refractivity contribution in [1.82, 2.24) is 0 Å². The van der Waals surface area contributed by atoms with Gasteiger partial charge in [-0.25, -0.2) is 0 Å². The number of benzene rings is 1. The van der Waals surface area contributed by atoms with Crippen LogP contribution in [0.3, 0.4) is 0 Å². The van der Waals surface area contributed by atoms with Crippen LogP contribution in [0.2, 0.25) is 5.02 Å². The number of hydrogen-bond donors (Lipinski definition) is 2. The lowest BCUT2D eigenvalue weighted by atomic mass is 10.1. The molecule has 0 saturated heterocycles. The zero-order valence-electron chi connectivity index (χ0n) is 6.50. The van der Waals surface area contributed by atoms with Crippen LogP contribution in [0.1, 0.15) is 11.6 Å². The summed E-state index contributed by atoms with van der Waals surface area (Å²) in [5.41, 5.74) is 5.81. The molecule has 0 amide bonds. The molecule has 0 spiro atoms. The van der Waals surface area contributed by atoms with E-state index in [1.54, 1.807) is 18.2 Å². The smallest absolute Gasteiger partial charge is 0.325 e. The normalized spacial score (nSPS) is 12.5. The number of carbonyl (C=O) groups is 1. The van der Waals surface area contributed by atoms with Crippen LogP contribution >= 0.6 is 27.5 Å². The van der Waals surface area contributed by atoms with Crippen molar-refractivity contribution in [2.75, 3.05) is 0 Å². The standard InChI is InChI=1S/C8H7BrClNO2/c9-4-1-2-6(10)5(3-4)7(11)8(12)13/h1-3,7H,11H2,(H,12,13). The molecule has 0 radical (unpaired) electrons. The average Bonchev–Trinajstić information content (AvgIpc) is 2.08. The largest absolute Gasteiger partial charge is 0.480 e. The first-order chi connectivity index (χ1) is 6.02. The summed E-state index contributed by atoms with van der Waals surface area (Å²) in [6.45, 7) is 0. The predicted molar refractivity (Wildman–Crippen MR) is 53.7 cm³/mol. The molecule has 13 heavy (non-hydrogen) atoms. The first-order valence-electron chi connectivity index (χ1n) is 3.45. The number of carboxylic acid groups (broad SMARTS) is 1. The molecule has 0 aliphatic heterocycles. The number of rotatable bonds is 2. The van der Waals surface area contributed by atoms with E-state index >= 15 is 0 Å². The fraction of sp³-hybridized carbons (Fsp3) is 0.125. The molecular weight excluding hydrogens is 257 g/mol. The van der Waals surface area contributed by atoms with E-state index < -0.39 is 12.0 Å². The molecule has 1 atom stereocenters. The van der Waals surface area contributed by atoms with Crippen molar-refractivity contribution in [2.45, 2.75) is 6.04 Å². The van der Waals surface area contributed by atoms with Crippen LogP contribution in [0.4, 0.5) is 0 Å². The molecule has 0 aromatic heterocycles. The maximum Gasteiger partial charge on any atom is 0.325 e. The molecule has 0 aliphatic carbocycles. The van der Waals surface area contributed by atoms with Crippen LogP contribution in [0.5, 0.6) is 0 Å². The summed E-state index contributed by atoms with van der Waals surface area (Å²) in [5.74, 6) is -1.10. The first-order valence-corrected chi connectivity index (χ1v) is 4.63. The van der Waals surface area contributed by atoms with Crippen LogP contribution in [0.15, 0.2) is 22.7 Å².